The number of alkyl halides is 3. The van der Waals surface area contributed by atoms with Gasteiger partial charge in [0.25, 0.3) is 0 Å². The number of nitrogens with one attached hydrogen (secondary N) is 1. The summed E-state index contributed by atoms with van der Waals surface area (Å²) in [5, 5.41) is 3.00. The Hall–Kier alpha value is -1.82. The van der Waals surface area contributed by atoms with Crippen molar-refractivity contribution in [3.63, 3.8) is 0 Å². The van der Waals surface area contributed by atoms with Gasteiger partial charge in [-0.1, -0.05) is 39.3 Å². The molecule has 0 bridgehead atoms. The topological polar surface area (TPSA) is 37.8 Å². The number of rotatable bonds is 2. The largest absolute Gasteiger partial charge is 0.416 e. The summed E-state index contributed by atoms with van der Waals surface area (Å²) >= 11 is 5.63. The number of hydrogen-bond donors (Lipinski definition) is 1. The summed E-state index contributed by atoms with van der Waals surface area (Å²) in [7, 11) is 0. The number of nitrogens with zero attached hydrogens (tertiary/aromatic N) is 2. The van der Waals surface area contributed by atoms with E-state index in [0.717, 1.165) is 12.1 Å². The molecule has 0 radical (unpaired) electrons. The second-order valence-electron chi connectivity index (χ2n) is 3.43. The van der Waals surface area contributed by atoms with E-state index in [4.69, 9.17) is 11.6 Å². The van der Waals surface area contributed by atoms with Crippen molar-refractivity contribution in [3.8, 4) is 0 Å². The minimum absolute atomic E-state index is 0.201. The van der Waals surface area contributed by atoms with Crippen molar-refractivity contribution in [1.29, 1.82) is 0 Å². The van der Waals surface area contributed by atoms with Crippen molar-refractivity contribution in [1.82, 2.24) is 9.97 Å². The molecule has 2 rings (SSSR count). The molecule has 0 unspecified atom stereocenters. The molecule has 7 heteroatoms. The lowest BCUT2D eigenvalue weighted by Crippen LogP contribution is -2.04. The SMILES string of the molecule is CC.CC.FC(F)(F)c1ccc(Nc2cncc(Cl)n2)cc1. The molecule has 122 valence electrons. The highest BCUT2D eigenvalue weighted by molar-refractivity contribution is 6.29. The van der Waals surface area contributed by atoms with Crippen molar-refractivity contribution in [3.05, 3.63) is 47.4 Å². The zero-order valence-corrected chi connectivity index (χ0v) is 13.6. The summed E-state index contributed by atoms with van der Waals surface area (Å²) in [6.45, 7) is 8.00. The van der Waals surface area contributed by atoms with Crippen LogP contribution >= 0.6 is 11.6 Å². The van der Waals surface area contributed by atoms with E-state index in [1.807, 2.05) is 27.7 Å². The molecule has 1 N–H and O–H groups in total. The Labute approximate surface area is 133 Å². The Morgan fingerprint density at radius 1 is 0.955 bits per heavy atom. The standard InChI is InChI=1S/C11H7ClF3N3.2C2H6/c12-9-5-16-6-10(18-9)17-8-3-1-7(2-4-8)11(13,14)15;2*1-2/h1-6H,(H,17,18);2*1-2H3. The second-order valence-corrected chi connectivity index (χ2v) is 3.81. The first-order valence-electron chi connectivity index (χ1n) is 6.87. The summed E-state index contributed by atoms with van der Waals surface area (Å²) < 4.78 is 37.0. The van der Waals surface area contributed by atoms with Crippen LogP contribution in [0.3, 0.4) is 0 Å². The van der Waals surface area contributed by atoms with Gasteiger partial charge in [0.2, 0.25) is 0 Å². The minimum atomic E-state index is -4.34. The summed E-state index contributed by atoms with van der Waals surface area (Å²) in [5.74, 6) is 0.363. The van der Waals surface area contributed by atoms with Gasteiger partial charge in [0.05, 0.1) is 18.0 Å². The summed E-state index contributed by atoms with van der Waals surface area (Å²) in [6.07, 6.45) is -1.56. The third kappa shape index (κ3) is 6.76. The maximum atomic E-state index is 12.3. The van der Waals surface area contributed by atoms with Gasteiger partial charge in [0.1, 0.15) is 5.15 Å². The predicted octanol–water partition coefficient (Wildman–Crippen LogP) is 5.94. The predicted molar refractivity (Wildman–Crippen MR) is 84.5 cm³/mol. The molecule has 0 amide bonds. The summed E-state index contributed by atoms with van der Waals surface area (Å²) in [4.78, 5) is 7.71. The van der Waals surface area contributed by atoms with Gasteiger partial charge in [0, 0.05) is 5.69 Å². The normalized spacial score (nSPS) is 9.82. The van der Waals surface area contributed by atoms with Crippen LogP contribution in [-0.4, -0.2) is 9.97 Å². The zero-order chi connectivity index (χ0) is 17.2. The lowest BCUT2D eigenvalue weighted by atomic mass is 10.2. The average Bonchev–Trinajstić information content (AvgIpc) is 2.51. The van der Waals surface area contributed by atoms with Crippen LogP contribution in [0.15, 0.2) is 36.7 Å². The molecule has 1 aromatic carbocycles. The highest BCUT2D eigenvalue weighted by atomic mass is 35.5. The van der Waals surface area contributed by atoms with Gasteiger partial charge in [-0.15, -0.1) is 0 Å². The average molecular weight is 334 g/mol. The van der Waals surface area contributed by atoms with Gasteiger partial charge >= 0.3 is 6.18 Å². The van der Waals surface area contributed by atoms with Crippen LogP contribution in [-0.2, 0) is 6.18 Å². The van der Waals surface area contributed by atoms with E-state index >= 15 is 0 Å². The summed E-state index contributed by atoms with van der Waals surface area (Å²) in [6, 6.07) is 4.59. The minimum Gasteiger partial charge on any atom is -0.339 e. The lowest BCUT2D eigenvalue weighted by Gasteiger charge is -2.08. The molecule has 1 heterocycles. The van der Waals surface area contributed by atoms with Crippen molar-refractivity contribution >= 4 is 23.1 Å². The Kier molecular flexibility index (Phi) is 9.17. The molecule has 3 nitrogen and oxygen atoms in total. The molecule has 0 spiro atoms. The van der Waals surface area contributed by atoms with Crippen LogP contribution in [0.1, 0.15) is 33.3 Å². The van der Waals surface area contributed by atoms with E-state index in [2.05, 4.69) is 15.3 Å². The Balaban J connectivity index is 0.00000102. The molecule has 0 saturated heterocycles. The molecule has 22 heavy (non-hydrogen) atoms. The van der Waals surface area contributed by atoms with Crippen molar-refractivity contribution < 1.29 is 13.2 Å². The number of aromatic nitrogens is 2. The van der Waals surface area contributed by atoms with Crippen LogP contribution in [0.25, 0.3) is 0 Å². The lowest BCUT2D eigenvalue weighted by molar-refractivity contribution is -0.137. The molecule has 0 aliphatic rings. The first-order chi connectivity index (χ1) is 10.4. The van der Waals surface area contributed by atoms with Crippen LogP contribution in [0.2, 0.25) is 5.15 Å². The molecule has 1 aromatic heterocycles. The van der Waals surface area contributed by atoms with Crippen LogP contribution in [0.4, 0.5) is 24.7 Å². The number of halogens is 4. The van der Waals surface area contributed by atoms with E-state index in [1.54, 1.807) is 0 Å². The molecule has 0 atom stereocenters. The Morgan fingerprint density at radius 2 is 1.50 bits per heavy atom. The van der Waals surface area contributed by atoms with E-state index in [0.29, 0.717) is 11.5 Å². The van der Waals surface area contributed by atoms with Gasteiger partial charge < -0.3 is 5.32 Å². The maximum absolute atomic E-state index is 12.3. The molecule has 0 aliphatic carbocycles. The molecule has 0 fully saturated rings. The van der Waals surface area contributed by atoms with Gasteiger partial charge in [-0.25, -0.2) is 4.98 Å². The van der Waals surface area contributed by atoms with E-state index in [9.17, 15) is 13.2 Å². The zero-order valence-electron chi connectivity index (χ0n) is 12.9. The van der Waals surface area contributed by atoms with Gasteiger partial charge in [0.15, 0.2) is 5.82 Å². The molecule has 2 aromatic rings. The van der Waals surface area contributed by atoms with E-state index in [1.165, 1.54) is 24.5 Å². The smallest absolute Gasteiger partial charge is 0.339 e. The maximum Gasteiger partial charge on any atom is 0.416 e. The van der Waals surface area contributed by atoms with Gasteiger partial charge in [-0.3, -0.25) is 4.98 Å². The van der Waals surface area contributed by atoms with Crippen LogP contribution in [0, 0.1) is 0 Å². The van der Waals surface area contributed by atoms with Crippen molar-refractivity contribution in [2.24, 2.45) is 0 Å². The Morgan fingerprint density at radius 3 is 1.95 bits per heavy atom. The first-order valence-corrected chi connectivity index (χ1v) is 7.25. The third-order valence-electron chi connectivity index (χ3n) is 2.09. The fraction of sp³-hybridized carbons (Fsp3) is 0.333. The molecule has 0 aliphatic heterocycles. The Bertz CT molecular complexity index is 542. The van der Waals surface area contributed by atoms with E-state index < -0.39 is 11.7 Å². The van der Waals surface area contributed by atoms with Crippen LogP contribution < -0.4 is 5.32 Å². The van der Waals surface area contributed by atoms with Crippen LogP contribution in [0.5, 0.6) is 0 Å². The molecular weight excluding hydrogens is 315 g/mol. The molecular formula is C15H19ClF3N3. The number of benzene rings is 1. The quantitative estimate of drug-likeness (QED) is 0.738. The number of anilines is 2. The van der Waals surface area contributed by atoms with Crippen molar-refractivity contribution in [2.45, 2.75) is 33.9 Å². The fourth-order valence-corrected chi connectivity index (χ4v) is 1.44. The highest BCUT2D eigenvalue weighted by Crippen LogP contribution is 2.30. The monoisotopic (exact) mass is 333 g/mol. The third-order valence-corrected chi connectivity index (χ3v) is 2.27. The molecule has 0 saturated carbocycles. The van der Waals surface area contributed by atoms with Crippen molar-refractivity contribution in [2.75, 3.05) is 5.32 Å². The van der Waals surface area contributed by atoms with Gasteiger partial charge in [-0.2, -0.15) is 13.2 Å². The highest BCUT2D eigenvalue weighted by Gasteiger charge is 2.29. The summed E-state index contributed by atoms with van der Waals surface area (Å²) in [5.41, 5.74) is -0.232. The fourth-order valence-electron chi connectivity index (χ4n) is 1.29. The van der Waals surface area contributed by atoms with E-state index in [-0.39, 0.29) is 5.15 Å². The first kappa shape index (κ1) is 20.2. The number of hydrogen-bond acceptors (Lipinski definition) is 3. The second kappa shape index (κ2) is 10.00. The van der Waals surface area contributed by atoms with Gasteiger partial charge in [-0.05, 0) is 24.3 Å².